The van der Waals surface area contributed by atoms with Gasteiger partial charge in [0, 0.05) is 17.3 Å². The molecule has 0 unspecified atom stereocenters. The quantitative estimate of drug-likeness (QED) is 0.839. The van der Waals surface area contributed by atoms with Crippen molar-refractivity contribution in [2.75, 3.05) is 0 Å². The Hall–Kier alpha value is -2.41. The maximum absolute atomic E-state index is 13.9. The normalized spacial score (nSPS) is 13.0. The van der Waals surface area contributed by atoms with Gasteiger partial charge in [-0.15, -0.1) is 0 Å². The van der Waals surface area contributed by atoms with Crippen LogP contribution in [0.5, 0.6) is 0 Å². The molecule has 1 aliphatic carbocycles. The van der Waals surface area contributed by atoms with Crippen molar-refractivity contribution in [2.45, 2.75) is 25.8 Å². The van der Waals surface area contributed by atoms with Gasteiger partial charge in [0.1, 0.15) is 5.82 Å². The molecule has 0 radical (unpaired) electrons. The van der Waals surface area contributed by atoms with Crippen LogP contribution in [0.1, 0.15) is 28.8 Å². The molecule has 0 saturated heterocycles. The van der Waals surface area contributed by atoms with E-state index in [1.807, 2.05) is 12.1 Å². The Bertz CT molecular complexity index is 771. The largest absolute Gasteiger partial charge is 0.308 e. The van der Waals surface area contributed by atoms with Crippen molar-refractivity contribution in [1.82, 2.24) is 4.57 Å². The van der Waals surface area contributed by atoms with Crippen molar-refractivity contribution in [3.05, 3.63) is 68.9 Å². The maximum Gasteiger partial charge on any atom is 0.251 e. The number of hydrogen-bond donors (Lipinski definition) is 0. The Morgan fingerprint density at radius 1 is 1.25 bits per heavy atom. The summed E-state index contributed by atoms with van der Waals surface area (Å²) in [6.45, 7) is 0.222. The van der Waals surface area contributed by atoms with E-state index in [4.69, 9.17) is 5.26 Å². The van der Waals surface area contributed by atoms with Gasteiger partial charge in [0.05, 0.1) is 18.2 Å². The third kappa shape index (κ3) is 2.12. The molecule has 1 heterocycles. The van der Waals surface area contributed by atoms with Gasteiger partial charge in [-0.3, -0.25) is 4.79 Å². The highest BCUT2D eigenvalue weighted by Gasteiger charge is 2.16. The van der Waals surface area contributed by atoms with Crippen molar-refractivity contribution in [3.8, 4) is 6.07 Å². The lowest BCUT2D eigenvalue weighted by atomic mass is 10.1. The zero-order chi connectivity index (χ0) is 14.1. The second-order valence-electron chi connectivity index (χ2n) is 5.00. The topological polar surface area (TPSA) is 45.8 Å². The van der Waals surface area contributed by atoms with Crippen LogP contribution in [0, 0.1) is 17.1 Å². The fourth-order valence-electron chi connectivity index (χ4n) is 2.72. The van der Waals surface area contributed by atoms with Gasteiger partial charge in [0.25, 0.3) is 5.56 Å². The second kappa shape index (κ2) is 4.93. The third-order valence-electron chi connectivity index (χ3n) is 3.76. The van der Waals surface area contributed by atoms with E-state index in [2.05, 4.69) is 0 Å². The van der Waals surface area contributed by atoms with E-state index in [-0.39, 0.29) is 17.7 Å². The molecule has 1 aromatic carbocycles. The maximum atomic E-state index is 13.9. The molecule has 0 atom stereocenters. The molecule has 4 heteroatoms. The molecule has 3 rings (SSSR count). The zero-order valence-corrected chi connectivity index (χ0v) is 10.9. The van der Waals surface area contributed by atoms with Crippen LogP contribution in [0.2, 0.25) is 0 Å². The Morgan fingerprint density at radius 2 is 2.10 bits per heavy atom. The number of nitriles is 1. The molecule has 2 aromatic rings. The van der Waals surface area contributed by atoms with E-state index in [0.717, 1.165) is 25.0 Å². The monoisotopic (exact) mass is 268 g/mol. The lowest BCUT2D eigenvalue weighted by Crippen LogP contribution is -2.23. The van der Waals surface area contributed by atoms with Crippen LogP contribution in [0.25, 0.3) is 0 Å². The highest BCUT2D eigenvalue weighted by atomic mass is 19.1. The molecular formula is C16H13FN2O. The molecule has 1 aliphatic rings. The number of fused-ring (bicyclic) bond motifs is 1. The predicted molar refractivity (Wildman–Crippen MR) is 72.9 cm³/mol. The number of nitrogens with zero attached hydrogens (tertiary/aromatic N) is 2. The van der Waals surface area contributed by atoms with E-state index in [1.54, 1.807) is 22.8 Å². The Labute approximate surface area is 115 Å². The fraction of sp³-hybridized carbons (Fsp3) is 0.250. The molecular weight excluding hydrogens is 255 g/mol. The molecule has 1 aromatic heterocycles. The summed E-state index contributed by atoms with van der Waals surface area (Å²) in [5.74, 6) is -0.438. The van der Waals surface area contributed by atoms with Crippen molar-refractivity contribution < 1.29 is 4.39 Å². The van der Waals surface area contributed by atoms with Crippen LogP contribution in [0.3, 0.4) is 0 Å². The molecule has 0 N–H and O–H groups in total. The number of benzene rings is 1. The average Bonchev–Trinajstić information content (AvgIpc) is 2.92. The summed E-state index contributed by atoms with van der Waals surface area (Å²) in [6.07, 6.45) is 2.88. The smallest absolute Gasteiger partial charge is 0.251 e. The number of aromatic nitrogens is 1. The van der Waals surface area contributed by atoms with Crippen LogP contribution >= 0.6 is 0 Å². The first-order valence-electron chi connectivity index (χ1n) is 6.59. The van der Waals surface area contributed by atoms with Crippen LogP contribution in [0.4, 0.5) is 4.39 Å². The van der Waals surface area contributed by atoms with Gasteiger partial charge in [-0.1, -0.05) is 12.1 Å². The van der Waals surface area contributed by atoms with Gasteiger partial charge < -0.3 is 4.57 Å². The Kier molecular flexibility index (Phi) is 3.11. The van der Waals surface area contributed by atoms with Crippen molar-refractivity contribution in [1.29, 1.82) is 5.26 Å². The minimum Gasteiger partial charge on any atom is -0.308 e. The summed E-state index contributed by atoms with van der Waals surface area (Å²) in [6, 6.07) is 9.69. The summed E-state index contributed by atoms with van der Waals surface area (Å²) in [5.41, 5.74) is 2.82. The molecule has 0 amide bonds. The molecule has 0 spiro atoms. The van der Waals surface area contributed by atoms with E-state index in [1.165, 1.54) is 11.6 Å². The molecule has 0 aliphatic heterocycles. The molecule has 0 saturated carbocycles. The van der Waals surface area contributed by atoms with E-state index >= 15 is 0 Å². The number of hydrogen-bond acceptors (Lipinski definition) is 2. The van der Waals surface area contributed by atoms with E-state index < -0.39 is 5.82 Å². The van der Waals surface area contributed by atoms with Gasteiger partial charge in [0.2, 0.25) is 0 Å². The second-order valence-corrected chi connectivity index (χ2v) is 5.00. The molecule has 0 fully saturated rings. The summed E-state index contributed by atoms with van der Waals surface area (Å²) in [7, 11) is 0. The summed E-state index contributed by atoms with van der Waals surface area (Å²) < 4.78 is 15.6. The van der Waals surface area contributed by atoms with Gasteiger partial charge in [-0.25, -0.2) is 4.39 Å². The minimum atomic E-state index is -0.438. The molecule has 0 bridgehead atoms. The number of pyridine rings is 1. The molecule has 100 valence electrons. The van der Waals surface area contributed by atoms with Crippen LogP contribution in [0.15, 0.2) is 35.1 Å². The van der Waals surface area contributed by atoms with Crippen LogP contribution < -0.4 is 5.56 Å². The van der Waals surface area contributed by atoms with Gasteiger partial charge >= 0.3 is 0 Å². The summed E-state index contributed by atoms with van der Waals surface area (Å²) in [5, 5.41) is 8.74. The Balaban J connectivity index is 2.03. The van der Waals surface area contributed by atoms with Gasteiger partial charge in [-0.2, -0.15) is 5.26 Å². The summed E-state index contributed by atoms with van der Waals surface area (Å²) in [4.78, 5) is 12.0. The SMILES string of the molecule is N#Cc1ccc(Cn2c3c(ccc2=O)CCC3)c(F)c1. The minimum absolute atomic E-state index is 0.102. The van der Waals surface area contributed by atoms with Crippen LogP contribution in [-0.2, 0) is 19.4 Å². The average molecular weight is 268 g/mol. The number of aryl methyl sites for hydroxylation is 1. The third-order valence-corrected chi connectivity index (χ3v) is 3.76. The molecule has 3 nitrogen and oxygen atoms in total. The highest BCUT2D eigenvalue weighted by molar-refractivity contribution is 5.34. The fourth-order valence-corrected chi connectivity index (χ4v) is 2.72. The van der Waals surface area contributed by atoms with Crippen molar-refractivity contribution in [3.63, 3.8) is 0 Å². The van der Waals surface area contributed by atoms with Crippen LogP contribution in [-0.4, -0.2) is 4.57 Å². The van der Waals surface area contributed by atoms with Crippen molar-refractivity contribution >= 4 is 0 Å². The highest BCUT2D eigenvalue weighted by Crippen LogP contribution is 2.21. The first-order valence-corrected chi connectivity index (χ1v) is 6.59. The number of rotatable bonds is 2. The van der Waals surface area contributed by atoms with E-state index in [9.17, 15) is 9.18 Å². The lowest BCUT2D eigenvalue weighted by Gasteiger charge is -2.12. The standard InChI is InChI=1S/C16H13FN2O/c17-14-8-11(9-18)4-5-13(14)10-19-15-3-1-2-12(15)6-7-16(19)20/h4-8H,1-3,10H2. The Morgan fingerprint density at radius 3 is 2.85 bits per heavy atom. The van der Waals surface area contributed by atoms with Gasteiger partial charge in [-0.05, 0) is 37.0 Å². The van der Waals surface area contributed by atoms with Crippen molar-refractivity contribution in [2.24, 2.45) is 0 Å². The van der Waals surface area contributed by atoms with Gasteiger partial charge in [0.15, 0.2) is 0 Å². The molecule has 20 heavy (non-hydrogen) atoms. The van der Waals surface area contributed by atoms with E-state index in [0.29, 0.717) is 5.56 Å². The first-order chi connectivity index (χ1) is 9.69. The summed E-state index contributed by atoms with van der Waals surface area (Å²) >= 11 is 0. The first kappa shape index (κ1) is 12.6. The zero-order valence-electron chi connectivity index (χ0n) is 10.9. The lowest BCUT2D eigenvalue weighted by molar-refractivity contribution is 0.590. The predicted octanol–water partition coefficient (Wildman–Crippen LogP) is 2.40. The number of halogens is 1.